The van der Waals surface area contributed by atoms with Gasteiger partial charge in [0, 0.05) is 24.2 Å². The minimum Gasteiger partial charge on any atom is -0.436 e. The highest BCUT2D eigenvalue weighted by Crippen LogP contribution is 2.30. The van der Waals surface area contributed by atoms with E-state index in [0.29, 0.717) is 29.1 Å². The van der Waals surface area contributed by atoms with Gasteiger partial charge in [-0.05, 0) is 30.4 Å². The predicted octanol–water partition coefficient (Wildman–Crippen LogP) is 5.13. The Balaban J connectivity index is 1.66. The maximum absolute atomic E-state index is 13.2. The first-order chi connectivity index (χ1) is 13.1. The molecule has 2 heterocycles. The molecule has 0 bridgehead atoms. The summed E-state index contributed by atoms with van der Waals surface area (Å²) in [6, 6.07) is 17.5. The van der Waals surface area contributed by atoms with E-state index in [1.165, 1.54) is 6.42 Å². The lowest BCUT2D eigenvalue weighted by Crippen LogP contribution is -2.42. The van der Waals surface area contributed by atoms with Crippen molar-refractivity contribution in [1.29, 1.82) is 0 Å². The van der Waals surface area contributed by atoms with Crippen molar-refractivity contribution in [3.05, 3.63) is 66.4 Å². The van der Waals surface area contributed by atoms with Gasteiger partial charge in [0.05, 0.1) is 11.8 Å². The second kappa shape index (κ2) is 7.39. The van der Waals surface area contributed by atoms with Crippen molar-refractivity contribution in [1.82, 2.24) is 9.88 Å². The van der Waals surface area contributed by atoms with Crippen LogP contribution < -0.4 is 0 Å². The van der Waals surface area contributed by atoms with Gasteiger partial charge >= 0.3 is 0 Å². The highest BCUT2D eigenvalue weighted by molar-refractivity contribution is 6.00. The summed E-state index contributed by atoms with van der Waals surface area (Å²) in [7, 11) is 0. The Morgan fingerprint density at radius 2 is 1.67 bits per heavy atom. The van der Waals surface area contributed by atoms with Crippen molar-refractivity contribution in [2.75, 3.05) is 13.1 Å². The first-order valence-corrected chi connectivity index (χ1v) is 9.51. The van der Waals surface area contributed by atoms with Gasteiger partial charge in [-0.3, -0.25) is 4.79 Å². The van der Waals surface area contributed by atoms with Crippen LogP contribution in [0, 0.1) is 11.8 Å². The van der Waals surface area contributed by atoms with E-state index < -0.39 is 0 Å². The summed E-state index contributed by atoms with van der Waals surface area (Å²) in [6.07, 6.45) is 2.89. The number of hydrogen-bond acceptors (Lipinski definition) is 3. The monoisotopic (exact) mass is 360 g/mol. The van der Waals surface area contributed by atoms with Crippen molar-refractivity contribution in [3.8, 4) is 22.8 Å². The van der Waals surface area contributed by atoms with E-state index in [1.54, 1.807) is 6.20 Å². The summed E-state index contributed by atoms with van der Waals surface area (Å²) in [5.74, 6) is 2.29. The standard InChI is InChI=1S/C23H24N2O2/c1-16-12-17(2)15-25(14-16)23(26)20-11-7-6-10-19(20)22-24-13-21(27-22)18-8-4-3-5-9-18/h3-11,13,16-17H,12,14-15H2,1-2H3. The Kier molecular flexibility index (Phi) is 4.80. The zero-order chi connectivity index (χ0) is 18.8. The van der Waals surface area contributed by atoms with Gasteiger partial charge < -0.3 is 9.32 Å². The van der Waals surface area contributed by atoms with E-state index in [9.17, 15) is 4.79 Å². The third-order valence-corrected chi connectivity index (χ3v) is 5.11. The second-order valence-electron chi connectivity index (χ2n) is 7.60. The number of rotatable bonds is 3. The van der Waals surface area contributed by atoms with Gasteiger partial charge in [-0.1, -0.05) is 56.3 Å². The van der Waals surface area contributed by atoms with Crippen molar-refractivity contribution in [2.45, 2.75) is 20.3 Å². The van der Waals surface area contributed by atoms with Gasteiger partial charge in [-0.2, -0.15) is 0 Å². The van der Waals surface area contributed by atoms with Gasteiger partial charge in [0.1, 0.15) is 0 Å². The Morgan fingerprint density at radius 3 is 2.41 bits per heavy atom. The van der Waals surface area contributed by atoms with Crippen molar-refractivity contribution in [3.63, 3.8) is 0 Å². The van der Waals surface area contributed by atoms with Crippen LogP contribution in [-0.2, 0) is 0 Å². The fourth-order valence-corrected chi connectivity index (χ4v) is 3.99. The molecule has 0 N–H and O–H groups in total. The molecule has 0 radical (unpaired) electrons. The summed E-state index contributed by atoms with van der Waals surface area (Å²) in [5.41, 5.74) is 2.37. The molecule has 27 heavy (non-hydrogen) atoms. The maximum Gasteiger partial charge on any atom is 0.254 e. The highest BCUT2D eigenvalue weighted by atomic mass is 16.4. The molecule has 1 aromatic heterocycles. The molecule has 4 heteroatoms. The number of hydrogen-bond donors (Lipinski definition) is 0. The number of carbonyl (C=O) groups is 1. The summed E-state index contributed by atoms with van der Waals surface area (Å²) >= 11 is 0. The third kappa shape index (κ3) is 3.65. The minimum absolute atomic E-state index is 0.0588. The number of aromatic nitrogens is 1. The Hall–Kier alpha value is -2.88. The van der Waals surface area contributed by atoms with Gasteiger partial charge in [-0.15, -0.1) is 0 Å². The van der Waals surface area contributed by atoms with Crippen molar-refractivity contribution < 1.29 is 9.21 Å². The van der Waals surface area contributed by atoms with Crippen LogP contribution in [0.4, 0.5) is 0 Å². The lowest BCUT2D eigenvalue weighted by molar-refractivity contribution is 0.0623. The normalized spacial score (nSPS) is 19.9. The largest absolute Gasteiger partial charge is 0.436 e. The molecule has 0 saturated carbocycles. The number of benzene rings is 2. The highest BCUT2D eigenvalue weighted by Gasteiger charge is 2.28. The van der Waals surface area contributed by atoms with Crippen molar-refractivity contribution in [2.24, 2.45) is 11.8 Å². The summed E-state index contributed by atoms with van der Waals surface area (Å²) in [4.78, 5) is 19.6. The molecule has 2 unspecified atom stereocenters. The van der Waals surface area contributed by atoms with Crippen LogP contribution in [0.3, 0.4) is 0 Å². The van der Waals surface area contributed by atoms with Crippen LogP contribution in [0.5, 0.6) is 0 Å². The quantitative estimate of drug-likeness (QED) is 0.651. The molecular weight excluding hydrogens is 336 g/mol. The summed E-state index contributed by atoms with van der Waals surface area (Å²) in [6.45, 7) is 6.03. The average molecular weight is 360 g/mol. The van der Waals surface area contributed by atoms with Crippen LogP contribution in [0.1, 0.15) is 30.6 Å². The molecule has 1 saturated heterocycles. The van der Waals surface area contributed by atoms with E-state index >= 15 is 0 Å². The Morgan fingerprint density at radius 1 is 1.00 bits per heavy atom. The van der Waals surface area contributed by atoms with E-state index in [2.05, 4.69) is 18.8 Å². The molecule has 1 aliphatic heterocycles. The molecule has 4 rings (SSSR count). The van der Waals surface area contributed by atoms with Gasteiger partial charge in [0.25, 0.3) is 5.91 Å². The van der Waals surface area contributed by atoms with Crippen molar-refractivity contribution >= 4 is 5.91 Å². The molecule has 0 spiro atoms. The molecule has 1 amide bonds. The average Bonchev–Trinajstić information content (AvgIpc) is 3.17. The Labute approximate surface area is 159 Å². The zero-order valence-corrected chi connectivity index (χ0v) is 15.8. The number of amides is 1. The van der Waals surface area contributed by atoms with Crippen LogP contribution in [0.25, 0.3) is 22.8 Å². The molecule has 1 aliphatic rings. The van der Waals surface area contributed by atoms with E-state index in [1.807, 2.05) is 59.5 Å². The van der Waals surface area contributed by atoms with E-state index in [0.717, 1.165) is 24.2 Å². The van der Waals surface area contributed by atoms with Crippen LogP contribution in [-0.4, -0.2) is 28.9 Å². The van der Waals surface area contributed by atoms with Gasteiger partial charge in [-0.25, -0.2) is 4.98 Å². The molecule has 2 atom stereocenters. The number of likely N-dealkylation sites (tertiary alicyclic amines) is 1. The van der Waals surface area contributed by atoms with Crippen LogP contribution in [0.2, 0.25) is 0 Å². The van der Waals surface area contributed by atoms with Gasteiger partial charge in [0.2, 0.25) is 5.89 Å². The molecular formula is C23H24N2O2. The lowest BCUT2D eigenvalue weighted by Gasteiger charge is -2.35. The zero-order valence-electron chi connectivity index (χ0n) is 15.8. The molecule has 3 aromatic rings. The minimum atomic E-state index is 0.0588. The topological polar surface area (TPSA) is 46.3 Å². The molecule has 2 aromatic carbocycles. The fourth-order valence-electron chi connectivity index (χ4n) is 3.99. The first kappa shape index (κ1) is 17.5. The predicted molar refractivity (Wildman–Crippen MR) is 106 cm³/mol. The molecule has 4 nitrogen and oxygen atoms in total. The number of piperidine rings is 1. The molecule has 0 aliphatic carbocycles. The van der Waals surface area contributed by atoms with Gasteiger partial charge in [0.15, 0.2) is 5.76 Å². The second-order valence-corrected chi connectivity index (χ2v) is 7.60. The van der Waals surface area contributed by atoms with E-state index in [-0.39, 0.29) is 5.91 Å². The number of carbonyl (C=O) groups excluding carboxylic acids is 1. The summed E-state index contributed by atoms with van der Waals surface area (Å²) in [5, 5.41) is 0. The fraction of sp³-hybridized carbons (Fsp3) is 0.304. The third-order valence-electron chi connectivity index (χ3n) is 5.11. The Bertz CT molecular complexity index is 922. The molecule has 1 fully saturated rings. The first-order valence-electron chi connectivity index (χ1n) is 9.51. The number of nitrogens with zero attached hydrogens (tertiary/aromatic N) is 2. The lowest BCUT2D eigenvalue weighted by atomic mass is 9.91. The smallest absolute Gasteiger partial charge is 0.254 e. The van der Waals surface area contributed by atoms with E-state index in [4.69, 9.17) is 4.42 Å². The number of oxazole rings is 1. The SMILES string of the molecule is CC1CC(C)CN(C(=O)c2ccccc2-c2ncc(-c3ccccc3)o2)C1. The van der Waals surface area contributed by atoms with Crippen LogP contribution >= 0.6 is 0 Å². The molecule has 138 valence electrons. The maximum atomic E-state index is 13.2. The van der Waals surface area contributed by atoms with Crippen LogP contribution in [0.15, 0.2) is 65.2 Å². The summed E-state index contributed by atoms with van der Waals surface area (Å²) < 4.78 is 5.99.